The van der Waals surface area contributed by atoms with Crippen molar-refractivity contribution in [3.8, 4) is 0 Å². The number of aliphatic hydroxyl groups is 1. The largest absolute Gasteiger partial charge is 0.473 e. The third-order valence-corrected chi connectivity index (χ3v) is 5.00. The van der Waals surface area contributed by atoms with Crippen LogP contribution in [0.25, 0.3) is 0 Å². The zero-order valence-electron chi connectivity index (χ0n) is 16.6. The lowest BCUT2D eigenvalue weighted by molar-refractivity contribution is -0.0971. The Morgan fingerprint density at radius 2 is 1.08 bits per heavy atom. The Morgan fingerprint density at radius 1 is 0.708 bits per heavy atom. The summed E-state index contributed by atoms with van der Waals surface area (Å²) < 4.78 is 5.24. The summed E-state index contributed by atoms with van der Waals surface area (Å²) in [4.78, 5) is 0. The van der Waals surface area contributed by atoms with E-state index in [-0.39, 0.29) is 5.92 Å². The molecule has 0 bridgehead atoms. The van der Waals surface area contributed by atoms with Gasteiger partial charge in [0.05, 0.1) is 6.26 Å². The summed E-state index contributed by atoms with van der Waals surface area (Å²) in [5.41, 5.74) is 0. The summed E-state index contributed by atoms with van der Waals surface area (Å²) in [6, 6.07) is 0. The molecule has 0 amide bonds. The predicted octanol–water partition coefficient (Wildman–Crippen LogP) is 7.36. The van der Waals surface area contributed by atoms with Gasteiger partial charge in [-0.05, 0) is 12.8 Å². The zero-order chi connectivity index (χ0) is 17.9. The molecule has 2 atom stereocenters. The molecule has 0 fully saturated rings. The molecule has 0 aliphatic rings. The summed E-state index contributed by atoms with van der Waals surface area (Å²) in [7, 11) is 0. The normalized spacial score (nSPS) is 13.6. The van der Waals surface area contributed by atoms with Crippen LogP contribution in [0, 0.1) is 5.92 Å². The second-order valence-corrected chi connectivity index (χ2v) is 7.27. The van der Waals surface area contributed by atoms with Crippen molar-refractivity contribution in [2.75, 3.05) is 0 Å². The quantitative estimate of drug-likeness (QED) is 0.151. The van der Waals surface area contributed by atoms with Crippen molar-refractivity contribution in [3.63, 3.8) is 0 Å². The fourth-order valence-electron chi connectivity index (χ4n) is 3.37. The lowest BCUT2D eigenvalue weighted by atomic mass is 9.93. The van der Waals surface area contributed by atoms with Crippen LogP contribution in [-0.4, -0.2) is 11.4 Å². The number of rotatable bonds is 19. The van der Waals surface area contributed by atoms with Crippen LogP contribution in [0.1, 0.15) is 117 Å². The third-order valence-electron chi connectivity index (χ3n) is 5.00. The smallest absolute Gasteiger partial charge is 0.199 e. The molecule has 2 unspecified atom stereocenters. The van der Waals surface area contributed by atoms with Crippen LogP contribution in [0.15, 0.2) is 12.8 Å². The summed E-state index contributed by atoms with van der Waals surface area (Å²) in [6.45, 7) is 8.09. The van der Waals surface area contributed by atoms with E-state index in [0.29, 0.717) is 0 Å². The van der Waals surface area contributed by atoms with Gasteiger partial charge in [0.2, 0.25) is 0 Å². The van der Waals surface area contributed by atoms with Crippen LogP contribution in [0.4, 0.5) is 0 Å². The van der Waals surface area contributed by atoms with Crippen molar-refractivity contribution in [1.29, 1.82) is 0 Å². The molecule has 0 aromatic rings. The van der Waals surface area contributed by atoms with Gasteiger partial charge in [0, 0.05) is 5.92 Å². The molecular weight excluding hydrogens is 296 g/mol. The van der Waals surface area contributed by atoms with Crippen molar-refractivity contribution in [2.45, 2.75) is 123 Å². The second-order valence-electron chi connectivity index (χ2n) is 7.27. The maximum absolute atomic E-state index is 10.2. The molecule has 0 aromatic carbocycles. The van der Waals surface area contributed by atoms with Crippen LogP contribution in [-0.2, 0) is 4.74 Å². The first-order valence-corrected chi connectivity index (χ1v) is 10.7. The molecule has 0 aromatic heterocycles. The van der Waals surface area contributed by atoms with Crippen molar-refractivity contribution >= 4 is 0 Å². The third kappa shape index (κ3) is 15.1. The molecule has 1 N–H and O–H groups in total. The highest BCUT2D eigenvalue weighted by molar-refractivity contribution is 4.66. The highest BCUT2D eigenvalue weighted by atomic mass is 16.6. The SMILES string of the molecule is C=COC(O)C(CCCCCCCC)CCCCCCCCCC. The zero-order valence-corrected chi connectivity index (χ0v) is 16.6. The van der Waals surface area contributed by atoms with E-state index in [4.69, 9.17) is 4.74 Å². The molecule has 24 heavy (non-hydrogen) atoms. The van der Waals surface area contributed by atoms with E-state index in [1.807, 2.05) is 0 Å². The van der Waals surface area contributed by atoms with E-state index >= 15 is 0 Å². The molecule has 0 aliphatic heterocycles. The number of unbranched alkanes of at least 4 members (excludes halogenated alkanes) is 12. The number of hydrogen-bond acceptors (Lipinski definition) is 2. The van der Waals surface area contributed by atoms with E-state index < -0.39 is 6.29 Å². The average molecular weight is 341 g/mol. The Balaban J connectivity index is 3.77. The predicted molar refractivity (Wildman–Crippen MR) is 106 cm³/mol. The summed E-state index contributed by atoms with van der Waals surface area (Å²) in [5, 5.41) is 10.2. The fourth-order valence-corrected chi connectivity index (χ4v) is 3.37. The van der Waals surface area contributed by atoms with Crippen LogP contribution in [0.5, 0.6) is 0 Å². The van der Waals surface area contributed by atoms with E-state index in [1.54, 1.807) is 0 Å². The van der Waals surface area contributed by atoms with Crippen LogP contribution < -0.4 is 0 Å². The van der Waals surface area contributed by atoms with Crippen molar-refractivity contribution in [1.82, 2.24) is 0 Å². The number of ether oxygens (including phenoxy) is 1. The lowest BCUT2D eigenvalue weighted by Gasteiger charge is -2.22. The van der Waals surface area contributed by atoms with Gasteiger partial charge in [0.25, 0.3) is 0 Å². The summed E-state index contributed by atoms with van der Waals surface area (Å²) in [5.74, 6) is 0.272. The Morgan fingerprint density at radius 3 is 1.46 bits per heavy atom. The van der Waals surface area contributed by atoms with Gasteiger partial charge in [0.1, 0.15) is 0 Å². The molecule has 0 saturated heterocycles. The minimum atomic E-state index is -0.664. The van der Waals surface area contributed by atoms with E-state index in [2.05, 4.69) is 20.4 Å². The monoisotopic (exact) mass is 340 g/mol. The molecule has 0 saturated carbocycles. The van der Waals surface area contributed by atoms with E-state index in [0.717, 1.165) is 12.8 Å². The van der Waals surface area contributed by atoms with Crippen LogP contribution in [0.3, 0.4) is 0 Å². The maximum Gasteiger partial charge on any atom is 0.199 e. The standard InChI is InChI=1S/C22H44O2/c1-4-7-9-11-13-14-16-18-20-21(22(23)24-6-3)19-17-15-12-10-8-5-2/h6,21-23H,3-5,7-20H2,1-2H3. The van der Waals surface area contributed by atoms with Crippen molar-refractivity contribution in [2.24, 2.45) is 5.92 Å². The van der Waals surface area contributed by atoms with E-state index in [9.17, 15) is 5.11 Å². The average Bonchev–Trinajstić information content (AvgIpc) is 2.58. The number of aliphatic hydroxyl groups excluding tert-OH is 1. The Labute approximate surface area is 152 Å². The molecule has 144 valence electrons. The minimum Gasteiger partial charge on any atom is -0.473 e. The Hall–Kier alpha value is -0.500. The van der Waals surface area contributed by atoms with Gasteiger partial charge in [-0.2, -0.15) is 0 Å². The molecule has 2 nitrogen and oxygen atoms in total. The highest BCUT2D eigenvalue weighted by Crippen LogP contribution is 2.23. The topological polar surface area (TPSA) is 29.5 Å². The van der Waals surface area contributed by atoms with Gasteiger partial charge in [-0.1, -0.05) is 110 Å². The van der Waals surface area contributed by atoms with E-state index in [1.165, 1.54) is 96.2 Å². The first-order valence-electron chi connectivity index (χ1n) is 10.7. The van der Waals surface area contributed by atoms with Gasteiger partial charge in [-0.25, -0.2) is 0 Å². The van der Waals surface area contributed by atoms with Crippen LogP contribution in [0.2, 0.25) is 0 Å². The fraction of sp³-hybridized carbons (Fsp3) is 0.909. The highest BCUT2D eigenvalue weighted by Gasteiger charge is 2.18. The first-order chi connectivity index (χ1) is 11.8. The lowest BCUT2D eigenvalue weighted by Crippen LogP contribution is -2.22. The minimum absolute atomic E-state index is 0.272. The van der Waals surface area contributed by atoms with Crippen LogP contribution >= 0.6 is 0 Å². The summed E-state index contributed by atoms with van der Waals surface area (Å²) in [6.07, 6.45) is 21.4. The molecule has 0 radical (unpaired) electrons. The van der Waals surface area contributed by atoms with Gasteiger partial charge >= 0.3 is 0 Å². The first kappa shape index (κ1) is 23.5. The van der Waals surface area contributed by atoms with Gasteiger partial charge in [-0.3, -0.25) is 0 Å². The van der Waals surface area contributed by atoms with Gasteiger partial charge in [0.15, 0.2) is 6.29 Å². The molecule has 0 heterocycles. The maximum atomic E-state index is 10.2. The molecular formula is C22H44O2. The second kappa shape index (κ2) is 18.8. The molecule has 0 rings (SSSR count). The van der Waals surface area contributed by atoms with Crippen molar-refractivity contribution < 1.29 is 9.84 Å². The summed E-state index contributed by atoms with van der Waals surface area (Å²) >= 11 is 0. The van der Waals surface area contributed by atoms with Crippen molar-refractivity contribution in [3.05, 3.63) is 12.8 Å². The molecule has 0 aliphatic carbocycles. The number of hydrogen-bond donors (Lipinski definition) is 1. The molecule has 2 heteroatoms. The van der Waals surface area contributed by atoms with Gasteiger partial charge < -0.3 is 9.84 Å². The Kier molecular flexibility index (Phi) is 18.4. The Bertz CT molecular complexity index is 252. The molecule has 0 spiro atoms. The van der Waals surface area contributed by atoms with Gasteiger partial charge in [-0.15, -0.1) is 0 Å².